The lowest BCUT2D eigenvalue weighted by Crippen LogP contribution is -2.52. The molecular formula is C20H26N4O3. The van der Waals surface area contributed by atoms with Crippen LogP contribution in [0.15, 0.2) is 18.2 Å². The number of nitrogens with one attached hydrogen (secondary N) is 3. The lowest BCUT2D eigenvalue weighted by molar-refractivity contribution is -0.136. The van der Waals surface area contributed by atoms with E-state index >= 15 is 0 Å². The lowest BCUT2D eigenvalue weighted by Gasteiger charge is -2.29. The van der Waals surface area contributed by atoms with Crippen LogP contribution in [0.25, 0.3) is 0 Å². The Bertz CT molecular complexity index is 778. The van der Waals surface area contributed by atoms with Crippen LogP contribution in [-0.2, 0) is 22.7 Å². The number of carbonyl (C=O) groups excluding carboxylic acids is 3. The number of hydrogen-bond donors (Lipinski definition) is 3. The summed E-state index contributed by atoms with van der Waals surface area (Å²) in [5.74, 6) is -0.107. The molecule has 3 aliphatic heterocycles. The Balaban J connectivity index is 1.43. The number of benzene rings is 1. The highest BCUT2D eigenvalue weighted by Gasteiger charge is 2.39. The van der Waals surface area contributed by atoms with Crippen LogP contribution in [0.4, 0.5) is 0 Å². The Hall–Kier alpha value is -2.25. The van der Waals surface area contributed by atoms with Crippen LogP contribution in [0.5, 0.6) is 0 Å². The molecule has 2 fully saturated rings. The van der Waals surface area contributed by atoms with Crippen LogP contribution < -0.4 is 16.0 Å². The van der Waals surface area contributed by atoms with Gasteiger partial charge in [0.2, 0.25) is 11.8 Å². The van der Waals surface area contributed by atoms with Crippen LogP contribution in [-0.4, -0.2) is 47.8 Å². The van der Waals surface area contributed by atoms with Crippen LogP contribution in [0.3, 0.4) is 0 Å². The molecule has 0 saturated carbocycles. The standard InChI is InChI=1S/C20H26N4O3/c1-12-7-13(9-22-12)8-21-10-14-3-2-4-15-16(14)11-24(20(15)27)17-5-6-18(25)23-19(17)26/h2-4,12-13,17,21-22H,5-11H2,1H3,(H,23,25,26). The van der Waals surface area contributed by atoms with Gasteiger partial charge in [0.1, 0.15) is 6.04 Å². The quantitative estimate of drug-likeness (QED) is 0.658. The average Bonchev–Trinajstić information content (AvgIpc) is 3.19. The molecule has 0 aliphatic carbocycles. The maximum absolute atomic E-state index is 12.8. The predicted molar refractivity (Wildman–Crippen MR) is 99.8 cm³/mol. The number of imide groups is 1. The van der Waals surface area contributed by atoms with Gasteiger partial charge >= 0.3 is 0 Å². The number of hydrogen-bond acceptors (Lipinski definition) is 5. The first kappa shape index (κ1) is 18.1. The van der Waals surface area contributed by atoms with Crippen molar-refractivity contribution in [2.24, 2.45) is 5.92 Å². The van der Waals surface area contributed by atoms with Gasteiger partial charge < -0.3 is 15.5 Å². The van der Waals surface area contributed by atoms with Crippen molar-refractivity contribution in [2.75, 3.05) is 13.1 Å². The molecule has 0 aromatic heterocycles. The zero-order chi connectivity index (χ0) is 19.0. The second kappa shape index (κ2) is 7.40. The first-order valence-corrected chi connectivity index (χ1v) is 9.72. The summed E-state index contributed by atoms with van der Waals surface area (Å²) in [5.41, 5.74) is 2.78. The van der Waals surface area contributed by atoms with Crippen molar-refractivity contribution in [1.29, 1.82) is 0 Å². The van der Waals surface area contributed by atoms with Crippen molar-refractivity contribution < 1.29 is 14.4 Å². The van der Waals surface area contributed by atoms with Gasteiger partial charge in [-0.15, -0.1) is 0 Å². The fourth-order valence-electron chi connectivity index (χ4n) is 4.42. The SMILES string of the molecule is CC1CC(CNCc2cccc3c2CN(C2CCC(=O)NC2=O)C3=O)CN1. The van der Waals surface area contributed by atoms with E-state index in [0.717, 1.165) is 24.2 Å². The Kier molecular flexibility index (Phi) is 4.97. The zero-order valence-corrected chi connectivity index (χ0v) is 15.6. The number of rotatable bonds is 5. The summed E-state index contributed by atoms with van der Waals surface area (Å²) in [6.45, 7) is 5.35. The van der Waals surface area contributed by atoms with Crippen molar-refractivity contribution in [1.82, 2.24) is 20.9 Å². The summed E-state index contributed by atoms with van der Waals surface area (Å²) in [6.07, 6.45) is 1.85. The molecule has 2 saturated heterocycles. The van der Waals surface area contributed by atoms with Crippen LogP contribution >= 0.6 is 0 Å². The van der Waals surface area contributed by atoms with E-state index in [9.17, 15) is 14.4 Å². The molecule has 7 heteroatoms. The van der Waals surface area contributed by atoms with Crippen LogP contribution in [0.2, 0.25) is 0 Å². The van der Waals surface area contributed by atoms with Crippen molar-refractivity contribution >= 4 is 17.7 Å². The van der Waals surface area contributed by atoms with Crippen LogP contribution in [0.1, 0.15) is 47.7 Å². The van der Waals surface area contributed by atoms with Gasteiger partial charge in [-0.05, 0) is 56.0 Å². The molecule has 3 heterocycles. The van der Waals surface area contributed by atoms with Gasteiger partial charge in [0.05, 0.1) is 0 Å². The summed E-state index contributed by atoms with van der Waals surface area (Å²) in [5, 5.41) is 9.33. The molecule has 4 rings (SSSR count). The highest BCUT2D eigenvalue weighted by molar-refractivity contribution is 6.05. The Morgan fingerprint density at radius 2 is 2.11 bits per heavy atom. The number of nitrogens with zero attached hydrogens (tertiary/aromatic N) is 1. The summed E-state index contributed by atoms with van der Waals surface area (Å²) in [7, 11) is 0. The molecule has 3 amide bonds. The minimum Gasteiger partial charge on any atom is -0.322 e. The fraction of sp³-hybridized carbons (Fsp3) is 0.550. The fourth-order valence-corrected chi connectivity index (χ4v) is 4.42. The topological polar surface area (TPSA) is 90.5 Å². The lowest BCUT2D eigenvalue weighted by atomic mass is 10.0. The maximum Gasteiger partial charge on any atom is 0.255 e. The molecule has 1 aromatic carbocycles. The van der Waals surface area contributed by atoms with Crippen molar-refractivity contribution in [3.05, 3.63) is 34.9 Å². The molecular weight excluding hydrogens is 344 g/mol. The summed E-state index contributed by atoms with van der Waals surface area (Å²) in [4.78, 5) is 38.0. The Morgan fingerprint density at radius 3 is 2.85 bits per heavy atom. The smallest absolute Gasteiger partial charge is 0.255 e. The molecule has 27 heavy (non-hydrogen) atoms. The van der Waals surface area contributed by atoms with Crippen LogP contribution in [0, 0.1) is 5.92 Å². The first-order valence-electron chi connectivity index (χ1n) is 9.72. The number of piperidine rings is 1. The molecule has 0 bridgehead atoms. The third-order valence-electron chi connectivity index (χ3n) is 5.87. The van der Waals surface area contributed by atoms with Gasteiger partial charge in [0.25, 0.3) is 5.91 Å². The third kappa shape index (κ3) is 3.61. The second-order valence-electron chi connectivity index (χ2n) is 7.89. The second-order valence-corrected chi connectivity index (χ2v) is 7.89. The van der Waals surface area contributed by atoms with E-state index in [-0.39, 0.29) is 24.1 Å². The van der Waals surface area contributed by atoms with Gasteiger partial charge in [-0.2, -0.15) is 0 Å². The highest BCUT2D eigenvalue weighted by Crippen LogP contribution is 2.29. The molecule has 0 spiro atoms. The van der Waals surface area contributed by atoms with Gasteiger partial charge in [-0.25, -0.2) is 0 Å². The molecule has 3 N–H and O–H groups in total. The molecule has 1 aromatic rings. The Labute approximate surface area is 158 Å². The van der Waals surface area contributed by atoms with Crippen molar-refractivity contribution in [3.63, 3.8) is 0 Å². The highest BCUT2D eigenvalue weighted by atomic mass is 16.2. The van der Waals surface area contributed by atoms with Crippen molar-refractivity contribution in [3.8, 4) is 0 Å². The summed E-state index contributed by atoms with van der Waals surface area (Å²) >= 11 is 0. The molecule has 144 valence electrons. The first-order chi connectivity index (χ1) is 13.0. The molecule has 3 atom stereocenters. The van der Waals surface area contributed by atoms with Gasteiger partial charge in [0.15, 0.2) is 0 Å². The zero-order valence-electron chi connectivity index (χ0n) is 15.6. The van der Waals surface area contributed by atoms with Gasteiger partial charge in [-0.1, -0.05) is 12.1 Å². The predicted octanol–water partition coefficient (Wildman–Crippen LogP) is 0.535. The van der Waals surface area contributed by atoms with E-state index in [0.29, 0.717) is 37.0 Å². The minimum atomic E-state index is -0.561. The Morgan fingerprint density at radius 1 is 1.26 bits per heavy atom. The molecule has 0 radical (unpaired) electrons. The van der Waals surface area contributed by atoms with Crippen molar-refractivity contribution in [2.45, 2.75) is 51.4 Å². The minimum absolute atomic E-state index is 0.116. The normalized spacial score (nSPS) is 27.8. The average molecular weight is 370 g/mol. The maximum atomic E-state index is 12.8. The van der Waals surface area contributed by atoms with E-state index < -0.39 is 6.04 Å². The number of amides is 3. The third-order valence-corrected chi connectivity index (χ3v) is 5.87. The molecule has 3 aliphatic rings. The number of carbonyl (C=O) groups is 3. The largest absolute Gasteiger partial charge is 0.322 e. The van der Waals surface area contributed by atoms with E-state index in [1.807, 2.05) is 18.2 Å². The summed E-state index contributed by atoms with van der Waals surface area (Å²) in [6, 6.07) is 5.80. The van der Waals surface area contributed by atoms with Gasteiger partial charge in [0, 0.05) is 31.1 Å². The molecule has 3 unspecified atom stereocenters. The molecule has 7 nitrogen and oxygen atoms in total. The van der Waals surface area contributed by atoms with Gasteiger partial charge in [-0.3, -0.25) is 19.7 Å². The number of fused-ring (bicyclic) bond motifs is 1. The monoisotopic (exact) mass is 370 g/mol. The summed E-state index contributed by atoms with van der Waals surface area (Å²) < 4.78 is 0. The van der Waals surface area contributed by atoms with E-state index in [1.54, 1.807) is 4.90 Å². The van der Waals surface area contributed by atoms with E-state index in [4.69, 9.17) is 0 Å². The van der Waals surface area contributed by atoms with E-state index in [1.165, 1.54) is 6.42 Å². The van der Waals surface area contributed by atoms with E-state index in [2.05, 4.69) is 22.9 Å².